The van der Waals surface area contributed by atoms with Crippen molar-refractivity contribution in [3.05, 3.63) is 18.0 Å². The largest absolute Gasteiger partial charge is 0.480 e. The number of nitrogens with zero attached hydrogens (tertiary/aromatic N) is 2. The van der Waals surface area contributed by atoms with Crippen LogP contribution >= 0.6 is 0 Å². The SMILES string of the molecule is COCCCC(NC(=O)c1ccn(C)n1)C(=O)O. The van der Waals surface area contributed by atoms with Gasteiger partial charge in [-0.25, -0.2) is 4.79 Å². The standard InChI is InChI=1S/C11H17N3O4/c1-14-6-5-8(13-14)10(15)12-9(11(16)17)4-3-7-18-2/h5-6,9H,3-4,7H2,1-2H3,(H,12,15)(H,16,17). The first-order valence-electron chi connectivity index (χ1n) is 5.57. The van der Waals surface area contributed by atoms with Crippen molar-refractivity contribution >= 4 is 11.9 Å². The minimum atomic E-state index is -1.06. The van der Waals surface area contributed by atoms with Gasteiger partial charge in [-0.1, -0.05) is 0 Å². The number of carbonyl (C=O) groups is 2. The molecule has 0 radical (unpaired) electrons. The summed E-state index contributed by atoms with van der Waals surface area (Å²) in [7, 11) is 3.23. The van der Waals surface area contributed by atoms with Crippen molar-refractivity contribution in [2.45, 2.75) is 18.9 Å². The Hall–Kier alpha value is -1.89. The van der Waals surface area contributed by atoms with E-state index < -0.39 is 17.9 Å². The van der Waals surface area contributed by atoms with E-state index in [1.807, 2.05) is 0 Å². The Bertz CT molecular complexity index is 416. The van der Waals surface area contributed by atoms with Crippen molar-refractivity contribution in [2.24, 2.45) is 7.05 Å². The highest BCUT2D eigenvalue weighted by Crippen LogP contribution is 2.01. The molecule has 0 fully saturated rings. The van der Waals surface area contributed by atoms with Gasteiger partial charge >= 0.3 is 5.97 Å². The van der Waals surface area contributed by atoms with Crippen LogP contribution < -0.4 is 5.32 Å². The lowest BCUT2D eigenvalue weighted by Gasteiger charge is -2.13. The lowest BCUT2D eigenvalue weighted by atomic mass is 10.1. The van der Waals surface area contributed by atoms with Gasteiger partial charge in [0.1, 0.15) is 11.7 Å². The molecule has 1 aromatic heterocycles. The highest BCUT2D eigenvalue weighted by molar-refractivity contribution is 5.94. The van der Waals surface area contributed by atoms with Gasteiger partial charge in [0.25, 0.3) is 5.91 Å². The van der Waals surface area contributed by atoms with Crippen LogP contribution in [0.5, 0.6) is 0 Å². The Labute approximate surface area is 105 Å². The van der Waals surface area contributed by atoms with Gasteiger partial charge < -0.3 is 15.2 Å². The second kappa shape index (κ2) is 6.75. The Morgan fingerprint density at radius 1 is 1.61 bits per heavy atom. The summed E-state index contributed by atoms with van der Waals surface area (Å²) >= 11 is 0. The molecule has 1 unspecified atom stereocenters. The molecule has 2 N–H and O–H groups in total. The predicted molar refractivity (Wildman–Crippen MR) is 63.2 cm³/mol. The number of aryl methyl sites for hydroxylation is 1. The van der Waals surface area contributed by atoms with Crippen LogP contribution in [0.4, 0.5) is 0 Å². The Morgan fingerprint density at radius 2 is 2.33 bits per heavy atom. The topological polar surface area (TPSA) is 93.5 Å². The molecule has 0 spiro atoms. The Morgan fingerprint density at radius 3 is 2.83 bits per heavy atom. The summed E-state index contributed by atoms with van der Waals surface area (Å²) < 4.78 is 6.33. The van der Waals surface area contributed by atoms with Crippen molar-refractivity contribution in [1.29, 1.82) is 0 Å². The van der Waals surface area contributed by atoms with E-state index >= 15 is 0 Å². The summed E-state index contributed by atoms with van der Waals surface area (Å²) in [6.07, 6.45) is 2.51. The highest BCUT2D eigenvalue weighted by atomic mass is 16.5. The number of rotatable bonds is 7. The molecule has 0 bridgehead atoms. The predicted octanol–water partition coefficient (Wildman–Crippen LogP) is 0.0297. The normalized spacial score (nSPS) is 12.1. The fraction of sp³-hybridized carbons (Fsp3) is 0.545. The molecule has 0 aliphatic rings. The van der Waals surface area contributed by atoms with Crippen molar-refractivity contribution in [1.82, 2.24) is 15.1 Å². The van der Waals surface area contributed by atoms with E-state index in [-0.39, 0.29) is 5.69 Å². The lowest BCUT2D eigenvalue weighted by Crippen LogP contribution is -2.41. The first-order valence-corrected chi connectivity index (χ1v) is 5.57. The molecule has 1 aromatic rings. The van der Waals surface area contributed by atoms with Crippen LogP contribution in [0.1, 0.15) is 23.3 Å². The fourth-order valence-corrected chi connectivity index (χ4v) is 1.46. The van der Waals surface area contributed by atoms with Crippen LogP contribution in [0, 0.1) is 0 Å². The van der Waals surface area contributed by atoms with Gasteiger partial charge in [0.15, 0.2) is 0 Å². The maximum atomic E-state index is 11.7. The van der Waals surface area contributed by atoms with Crippen molar-refractivity contribution in [3.63, 3.8) is 0 Å². The van der Waals surface area contributed by atoms with Gasteiger partial charge in [-0.15, -0.1) is 0 Å². The third-order valence-corrected chi connectivity index (χ3v) is 2.39. The minimum Gasteiger partial charge on any atom is -0.480 e. The number of ether oxygens (including phenoxy) is 1. The average Bonchev–Trinajstić information content (AvgIpc) is 2.74. The third kappa shape index (κ3) is 4.17. The maximum absolute atomic E-state index is 11.7. The fourth-order valence-electron chi connectivity index (χ4n) is 1.46. The van der Waals surface area contributed by atoms with Crippen molar-refractivity contribution < 1.29 is 19.4 Å². The van der Waals surface area contributed by atoms with Gasteiger partial charge in [0.2, 0.25) is 0 Å². The van der Waals surface area contributed by atoms with E-state index in [4.69, 9.17) is 9.84 Å². The van der Waals surface area contributed by atoms with Gasteiger partial charge in [0, 0.05) is 27.0 Å². The van der Waals surface area contributed by atoms with Crippen LogP contribution in [0.2, 0.25) is 0 Å². The molecule has 18 heavy (non-hydrogen) atoms. The molecule has 7 nitrogen and oxygen atoms in total. The van der Waals surface area contributed by atoms with E-state index in [0.717, 1.165) is 0 Å². The third-order valence-electron chi connectivity index (χ3n) is 2.39. The second-order valence-electron chi connectivity index (χ2n) is 3.87. The van der Waals surface area contributed by atoms with Crippen molar-refractivity contribution in [2.75, 3.05) is 13.7 Å². The molecule has 100 valence electrons. The van der Waals surface area contributed by atoms with Crippen LogP contribution in [-0.2, 0) is 16.6 Å². The van der Waals surface area contributed by atoms with E-state index in [0.29, 0.717) is 19.4 Å². The number of hydrogen-bond donors (Lipinski definition) is 2. The molecule has 0 saturated heterocycles. The van der Waals surface area contributed by atoms with Crippen LogP contribution in [-0.4, -0.2) is 46.5 Å². The number of carbonyl (C=O) groups excluding carboxylic acids is 1. The number of amides is 1. The summed E-state index contributed by atoms with van der Waals surface area (Å²) in [5.74, 6) is -1.55. The zero-order valence-electron chi connectivity index (χ0n) is 10.4. The monoisotopic (exact) mass is 255 g/mol. The van der Waals surface area contributed by atoms with Gasteiger partial charge in [0.05, 0.1) is 0 Å². The van der Waals surface area contributed by atoms with Gasteiger partial charge in [-0.2, -0.15) is 5.10 Å². The van der Waals surface area contributed by atoms with E-state index in [2.05, 4.69) is 10.4 Å². The highest BCUT2D eigenvalue weighted by Gasteiger charge is 2.21. The number of hydrogen-bond acceptors (Lipinski definition) is 4. The minimum absolute atomic E-state index is 0.204. The second-order valence-corrected chi connectivity index (χ2v) is 3.87. The van der Waals surface area contributed by atoms with Crippen LogP contribution in [0.25, 0.3) is 0 Å². The van der Waals surface area contributed by atoms with E-state index in [1.165, 1.54) is 10.7 Å². The molecule has 0 aliphatic carbocycles. The first kappa shape index (κ1) is 14.2. The van der Waals surface area contributed by atoms with E-state index in [1.54, 1.807) is 20.4 Å². The summed E-state index contributed by atoms with van der Waals surface area (Å²) in [5, 5.41) is 15.3. The zero-order valence-corrected chi connectivity index (χ0v) is 10.4. The molecule has 0 aliphatic heterocycles. The quantitative estimate of drug-likeness (QED) is 0.670. The van der Waals surface area contributed by atoms with Crippen molar-refractivity contribution in [3.8, 4) is 0 Å². The summed E-state index contributed by atoms with van der Waals surface area (Å²) in [5.41, 5.74) is 0.204. The average molecular weight is 255 g/mol. The number of aromatic nitrogens is 2. The zero-order chi connectivity index (χ0) is 13.5. The molecule has 1 rings (SSSR count). The summed E-state index contributed by atoms with van der Waals surface area (Å²) in [6.45, 7) is 0.462. The number of carboxylic acids is 1. The molecule has 1 amide bonds. The molecular formula is C11H17N3O4. The lowest BCUT2D eigenvalue weighted by molar-refractivity contribution is -0.139. The molecule has 7 heteroatoms. The van der Waals surface area contributed by atoms with E-state index in [9.17, 15) is 9.59 Å². The molecule has 0 aromatic carbocycles. The number of carboxylic acid groups (broad SMARTS) is 1. The molecule has 1 heterocycles. The Balaban J connectivity index is 2.55. The summed E-state index contributed by atoms with van der Waals surface area (Å²) in [4.78, 5) is 22.7. The maximum Gasteiger partial charge on any atom is 0.326 e. The van der Waals surface area contributed by atoms with Gasteiger partial charge in [-0.05, 0) is 18.9 Å². The smallest absolute Gasteiger partial charge is 0.326 e. The Kier molecular flexibility index (Phi) is 5.31. The van der Waals surface area contributed by atoms with Gasteiger partial charge in [-0.3, -0.25) is 9.48 Å². The van der Waals surface area contributed by atoms with Crippen LogP contribution in [0.15, 0.2) is 12.3 Å². The molecular weight excluding hydrogens is 238 g/mol. The first-order chi connectivity index (χ1) is 8.54. The number of aliphatic carboxylic acids is 1. The molecule has 0 saturated carbocycles. The number of nitrogens with one attached hydrogen (secondary N) is 1. The molecule has 1 atom stereocenters. The van der Waals surface area contributed by atoms with Crippen LogP contribution in [0.3, 0.4) is 0 Å². The summed E-state index contributed by atoms with van der Waals surface area (Å²) in [6, 6.07) is 0.610. The number of methoxy groups -OCH3 is 1.